The lowest BCUT2D eigenvalue weighted by Crippen LogP contribution is -2.34. The van der Waals surface area contributed by atoms with E-state index < -0.39 is 23.1 Å². The molecule has 6 nitrogen and oxygen atoms in total. The van der Waals surface area contributed by atoms with Gasteiger partial charge in [-0.3, -0.25) is 9.59 Å². The zero-order chi connectivity index (χ0) is 27.7. The molecule has 0 radical (unpaired) electrons. The summed E-state index contributed by atoms with van der Waals surface area (Å²) < 4.78 is 38.6. The van der Waals surface area contributed by atoms with Gasteiger partial charge in [-0.05, 0) is 47.5 Å². The summed E-state index contributed by atoms with van der Waals surface area (Å²) in [5.74, 6) is -0.500. The number of hydrogen-bond donors (Lipinski definition) is 3. The first-order valence-electron chi connectivity index (χ1n) is 12.0. The van der Waals surface area contributed by atoms with Gasteiger partial charge in [0.25, 0.3) is 5.91 Å². The van der Waals surface area contributed by atoms with Crippen LogP contribution in [-0.2, 0) is 30.6 Å². The maximum atomic E-state index is 13.2. The molecule has 4 rings (SSSR count). The molecule has 3 N–H and O–H groups in total. The van der Waals surface area contributed by atoms with Crippen LogP contribution in [-0.4, -0.2) is 11.8 Å². The third-order valence-electron chi connectivity index (χ3n) is 6.17. The Balaban J connectivity index is 1.47. The van der Waals surface area contributed by atoms with Crippen molar-refractivity contribution in [1.82, 2.24) is 10.7 Å². The molecule has 0 aromatic heterocycles. The van der Waals surface area contributed by atoms with Crippen molar-refractivity contribution in [2.24, 2.45) is 5.41 Å². The van der Waals surface area contributed by atoms with Crippen LogP contribution in [0.15, 0.2) is 60.7 Å². The normalized spacial score (nSPS) is 13.3. The number of nitrogens with zero attached hydrogens (tertiary/aromatic N) is 1. The van der Waals surface area contributed by atoms with Crippen LogP contribution in [0.5, 0.6) is 0 Å². The summed E-state index contributed by atoms with van der Waals surface area (Å²) >= 11 is 6.32. The lowest BCUT2D eigenvalue weighted by atomic mass is 9.95. The summed E-state index contributed by atoms with van der Waals surface area (Å²) in [4.78, 5) is 25.4. The van der Waals surface area contributed by atoms with Gasteiger partial charge in [0, 0.05) is 29.8 Å². The first kappa shape index (κ1) is 27.5. The molecule has 0 aliphatic carbocycles. The Bertz CT molecular complexity index is 1350. The smallest absolute Gasteiger partial charge is 0.352 e. The quantitative estimate of drug-likeness (QED) is 0.340. The van der Waals surface area contributed by atoms with Gasteiger partial charge < -0.3 is 15.6 Å². The average molecular weight is 545 g/mol. The van der Waals surface area contributed by atoms with Crippen LogP contribution in [0.3, 0.4) is 0 Å². The third kappa shape index (κ3) is 6.28. The molecule has 3 aromatic rings. The topological polar surface area (TPSA) is 73.5 Å². The van der Waals surface area contributed by atoms with E-state index in [1.165, 1.54) is 12.1 Å². The number of anilines is 2. The van der Waals surface area contributed by atoms with Gasteiger partial charge in [-0.2, -0.15) is 13.2 Å². The number of amides is 2. The summed E-state index contributed by atoms with van der Waals surface area (Å²) in [5.41, 5.74) is 5.96. The van der Waals surface area contributed by atoms with Gasteiger partial charge in [0.1, 0.15) is 0 Å². The zero-order valence-corrected chi connectivity index (χ0v) is 21.9. The Morgan fingerprint density at radius 2 is 1.68 bits per heavy atom. The van der Waals surface area contributed by atoms with Crippen LogP contribution in [0, 0.1) is 5.41 Å². The Morgan fingerprint density at radius 1 is 1.00 bits per heavy atom. The van der Waals surface area contributed by atoms with E-state index in [4.69, 9.17) is 11.6 Å². The minimum Gasteiger partial charge on any atom is -0.352 e. The second-order valence-corrected chi connectivity index (χ2v) is 10.5. The fraction of sp³-hybridized carbons (Fsp3) is 0.286. The summed E-state index contributed by atoms with van der Waals surface area (Å²) in [6, 6.07) is 15.5. The van der Waals surface area contributed by atoms with E-state index in [9.17, 15) is 22.8 Å². The summed E-state index contributed by atoms with van der Waals surface area (Å²) in [6.07, 6.45) is -4.38. The van der Waals surface area contributed by atoms with Crippen molar-refractivity contribution in [3.63, 3.8) is 0 Å². The molecule has 3 aromatic carbocycles. The molecule has 0 unspecified atom stereocenters. The number of carbonyl (C=O) groups is 2. The summed E-state index contributed by atoms with van der Waals surface area (Å²) in [6.45, 7) is 6.50. The fourth-order valence-corrected chi connectivity index (χ4v) is 4.21. The third-order valence-corrected chi connectivity index (χ3v) is 6.50. The number of benzene rings is 3. The minimum absolute atomic E-state index is 0.105. The zero-order valence-electron chi connectivity index (χ0n) is 21.2. The minimum atomic E-state index is -4.38. The van der Waals surface area contributed by atoms with E-state index >= 15 is 0 Å². The first-order valence-corrected chi connectivity index (χ1v) is 12.4. The molecular weight excluding hydrogens is 517 g/mol. The SMILES string of the molecule is CC(C)(C)C(=O)NCc1ccc(Cl)c(C(=O)Nc2cccc3c2CNN3Cc2ccc(C(F)(F)F)cc2)c1. The standard InChI is InChI=1S/C28H28ClF3N4O2/c1-27(2,3)26(38)33-14-18-9-12-22(29)20(13-18)25(37)35-23-5-4-6-24-21(23)15-34-36(24)16-17-7-10-19(11-8-17)28(30,31)32/h4-13,34H,14-16H2,1-3H3,(H,33,38)(H,35,37). The van der Waals surface area contributed by atoms with Crippen LogP contribution in [0.25, 0.3) is 0 Å². The Morgan fingerprint density at radius 3 is 2.34 bits per heavy atom. The lowest BCUT2D eigenvalue weighted by Gasteiger charge is -2.20. The number of rotatable bonds is 6. The van der Waals surface area contributed by atoms with Crippen molar-refractivity contribution in [1.29, 1.82) is 0 Å². The molecule has 1 aliphatic heterocycles. The van der Waals surface area contributed by atoms with Gasteiger partial charge in [0.15, 0.2) is 0 Å². The molecule has 0 saturated carbocycles. The van der Waals surface area contributed by atoms with E-state index in [1.54, 1.807) is 30.3 Å². The number of alkyl halides is 3. The van der Waals surface area contributed by atoms with E-state index in [-0.39, 0.29) is 23.0 Å². The maximum absolute atomic E-state index is 13.2. The number of carbonyl (C=O) groups excluding carboxylic acids is 2. The summed E-state index contributed by atoms with van der Waals surface area (Å²) in [7, 11) is 0. The Kier molecular flexibility index (Phi) is 7.71. The highest BCUT2D eigenvalue weighted by Crippen LogP contribution is 2.34. The van der Waals surface area contributed by atoms with Crippen LogP contribution < -0.4 is 21.1 Å². The predicted molar refractivity (Wildman–Crippen MR) is 142 cm³/mol. The van der Waals surface area contributed by atoms with Gasteiger partial charge in [-0.1, -0.05) is 56.6 Å². The van der Waals surface area contributed by atoms with Gasteiger partial charge in [-0.15, -0.1) is 0 Å². The highest BCUT2D eigenvalue weighted by atomic mass is 35.5. The van der Waals surface area contributed by atoms with E-state index in [0.717, 1.165) is 28.9 Å². The van der Waals surface area contributed by atoms with Crippen LogP contribution in [0.4, 0.5) is 24.5 Å². The number of hydrazine groups is 1. The molecule has 0 saturated heterocycles. The second kappa shape index (κ2) is 10.7. The number of hydrogen-bond acceptors (Lipinski definition) is 4. The molecule has 0 bridgehead atoms. The molecular formula is C28H28ClF3N4O2. The average Bonchev–Trinajstić information content (AvgIpc) is 3.26. The maximum Gasteiger partial charge on any atom is 0.416 e. The molecule has 0 fully saturated rings. The molecule has 1 aliphatic rings. The summed E-state index contributed by atoms with van der Waals surface area (Å²) in [5, 5.41) is 7.90. The largest absolute Gasteiger partial charge is 0.416 e. The van der Waals surface area contributed by atoms with Gasteiger partial charge in [0.2, 0.25) is 5.91 Å². The van der Waals surface area contributed by atoms with Crippen molar-refractivity contribution in [2.45, 2.75) is 46.6 Å². The number of nitrogens with one attached hydrogen (secondary N) is 3. The van der Waals surface area contributed by atoms with Crippen molar-refractivity contribution in [2.75, 3.05) is 10.3 Å². The van der Waals surface area contributed by atoms with E-state index in [0.29, 0.717) is 24.3 Å². The molecule has 2 amide bonds. The Labute approximate surface area is 224 Å². The van der Waals surface area contributed by atoms with E-state index in [1.807, 2.05) is 31.8 Å². The molecule has 0 spiro atoms. The van der Waals surface area contributed by atoms with Crippen molar-refractivity contribution in [3.8, 4) is 0 Å². The lowest BCUT2D eigenvalue weighted by molar-refractivity contribution is -0.137. The van der Waals surface area contributed by atoms with Crippen molar-refractivity contribution < 1.29 is 22.8 Å². The molecule has 10 heteroatoms. The molecule has 38 heavy (non-hydrogen) atoms. The highest BCUT2D eigenvalue weighted by molar-refractivity contribution is 6.34. The van der Waals surface area contributed by atoms with E-state index in [2.05, 4.69) is 16.1 Å². The Hall–Kier alpha value is -3.56. The predicted octanol–water partition coefficient (Wildman–Crippen LogP) is 6.30. The van der Waals surface area contributed by atoms with Crippen molar-refractivity contribution >= 4 is 34.8 Å². The van der Waals surface area contributed by atoms with Crippen LogP contribution >= 0.6 is 11.6 Å². The molecule has 200 valence electrons. The highest BCUT2D eigenvalue weighted by Gasteiger charge is 2.30. The van der Waals surface area contributed by atoms with Gasteiger partial charge in [-0.25, -0.2) is 5.43 Å². The van der Waals surface area contributed by atoms with Gasteiger partial charge in [0.05, 0.1) is 28.4 Å². The monoisotopic (exact) mass is 544 g/mol. The number of fused-ring (bicyclic) bond motifs is 1. The fourth-order valence-electron chi connectivity index (χ4n) is 4.01. The van der Waals surface area contributed by atoms with Crippen LogP contribution in [0.2, 0.25) is 5.02 Å². The molecule has 1 heterocycles. The van der Waals surface area contributed by atoms with Crippen molar-refractivity contribution in [3.05, 3.63) is 93.5 Å². The van der Waals surface area contributed by atoms with Crippen LogP contribution in [0.1, 0.15) is 53.4 Å². The van der Waals surface area contributed by atoms with Gasteiger partial charge >= 0.3 is 6.18 Å². The second-order valence-electron chi connectivity index (χ2n) is 10.1. The molecule has 0 atom stereocenters. The first-order chi connectivity index (χ1) is 17.8. The number of halogens is 4.